The number of fused-ring (bicyclic) bond motifs is 1. The maximum absolute atomic E-state index is 12.9. The Balaban J connectivity index is 1.29. The Hall–Kier alpha value is -1.55. The summed E-state index contributed by atoms with van der Waals surface area (Å²) < 4.78 is 11.4. The highest BCUT2D eigenvalue weighted by molar-refractivity contribution is 5.79. The summed E-state index contributed by atoms with van der Waals surface area (Å²) in [5, 5.41) is 0. The molecule has 3 aliphatic rings. The Bertz CT molecular complexity index is 549. The molecule has 3 fully saturated rings. The number of rotatable bonds is 4. The van der Waals surface area contributed by atoms with E-state index in [4.69, 9.17) is 9.47 Å². The van der Waals surface area contributed by atoms with Gasteiger partial charge >= 0.3 is 0 Å². The normalized spacial score (nSPS) is 30.3. The van der Waals surface area contributed by atoms with Gasteiger partial charge in [-0.2, -0.15) is 0 Å². The monoisotopic (exact) mass is 329 g/mol. The first-order chi connectivity index (χ1) is 11.8. The van der Waals surface area contributed by atoms with E-state index in [1.54, 1.807) is 0 Å². The van der Waals surface area contributed by atoms with Crippen LogP contribution in [0.4, 0.5) is 0 Å². The van der Waals surface area contributed by atoms with Crippen LogP contribution in [0.1, 0.15) is 25.7 Å². The first kappa shape index (κ1) is 15.9. The van der Waals surface area contributed by atoms with Crippen LogP contribution in [0.5, 0.6) is 5.75 Å². The number of carbonyl (C=O) groups is 1. The van der Waals surface area contributed by atoms with Gasteiger partial charge in [0.25, 0.3) is 0 Å². The van der Waals surface area contributed by atoms with Gasteiger partial charge in [0.2, 0.25) is 5.91 Å². The highest BCUT2D eigenvalue weighted by Gasteiger charge is 2.42. The van der Waals surface area contributed by atoms with Gasteiger partial charge in [0.15, 0.2) is 0 Å². The van der Waals surface area contributed by atoms with Crippen LogP contribution in [0.15, 0.2) is 30.3 Å². The Morgan fingerprint density at radius 1 is 1.17 bits per heavy atom. The van der Waals surface area contributed by atoms with Crippen LogP contribution in [0.2, 0.25) is 0 Å². The van der Waals surface area contributed by atoms with Gasteiger partial charge in [-0.3, -0.25) is 4.79 Å². The zero-order valence-corrected chi connectivity index (χ0v) is 14.2. The molecule has 1 saturated carbocycles. The molecule has 1 unspecified atom stereocenters. The number of nitrogens with zero attached hydrogens (tertiary/aromatic N) is 1. The SMILES string of the molecule is O=C(C1C[C@@H]2COC[C@H]2C1)N1CCCC(COc2ccccc2)C1. The second kappa shape index (κ2) is 7.14. The lowest BCUT2D eigenvalue weighted by atomic mass is 9.96. The lowest BCUT2D eigenvalue weighted by Gasteiger charge is -2.34. The molecule has 0 spiro atoms. The number of amides is 1. The lowest BCUT2D eigenvalue weighted by molar-refractivity contribution is -0.137. The highest BCUT2D eigenvalue weighted by atomic mass is 16.5. The molecule has 3 atom stereocenters. The van der Waals surface area contributed by atoms with Crippen molar-refractivity contribution in [2.45, 2.75) is 25.7 Å². The molecular formula is C20H27NO3. The minimum atomic E-state index is 0.234. The number of carbonyl (C=O) groups excluding carboxylic acids is 1. The molecule has 1 aliphatic carbocycles. The van der Waals surface area contributed by atoms with E-state index in [1.807, 2.05) is 30.3 Å². The van der Waals surface area contributed by atoms with E-state index in [1.165, 1.54) is 0 Å². The van der Waals surface area contributed by atoms with Gasteiger partial charge in [-0.1, -0.05) is 18.2 Å². The van der Waals surface area contributed by atoms with Crippen LogP contribution in [0.25, 0.3) is 0 Å². The van der Waals surface area contributed by atoms with E-state index < -0.39 is 0 Å². The Morgan fingerprint density at radius 3 is 2.67 bits per heavy atom. The van der Waals surface area contributed by atoms with Gasteiger partial charge in [0.1, 0.15) is 5.75 Å². The van der Waals surface area contributed by atoms with E-state index in [0.29, 0.717) is 30.3 Å². The average molecular weight is 329 g/mol. The van der Waals surface area contributed by atoms with E-state index in [9.17, 15) is 4.79 Å². The van der Waals surface area contributed by atoms with Crippen LogP contribution in [0.3, 0.4) is 0 Å². The highest BCUT2D eigenvalue weighted by Crippen LogP contribution is 2.41. The van der Waals surface area contributed by atoms with Crippen molar-refractivity contribution in [3.63, 3.8) is 0 Å². The third-order valence-electron chi connectivity index (χ3n) is 5.91. The molecule has 1 aromatic rings. The molecule has 0 bridgehead atoms. The van der Waals surface area contributed by atoms with Gasteiger partial charge in [-0.25, -0.2) is 0 Å². The smallest absolute Gasteiger partial charge is 0.225 e. The van der Waals surface area contributed by atoms with Crippen LogP contribution in [-0.4, -0.2) is 43.7 Å². The molecule has 2 saturated heterocycles. The molecule has 1 aromatic carbocycles. The van der Waals surface area contributed by atoms with E-state index >= 15 is 0 Å². The van der Waals surface area contributed by atoms with Crippen molar-refractivity contribution >= 4 is 5.91 Å². The van der Waals surface area contributed by atoms with Gasteiger partial charge in [-0.05, 0) is 49.7 Å². The van der Waals surface area contributed by atoms with Gasteiger partial charge < -0.3 is 14.4 Å². The fourth-order valence-electron chi connectivity index (χ4n) is 4.58. The fourth-order valence-corrected chi connectivity index (χ4v) is 4.58. The molecule has 130 valence electrons. The molecule has 2 aliphatic heterocycles. The summed E-state index contributed by atoms with van der Waals surface area (Å²) in [6.45, 7) is 4.21. The molecule has 4 heteroatoms. The summed E-state index contributed by atoms with van der Waals surface area (Å²) in [7, 11) is 0. The zero-order valence-electron chi connectivity index (χ0n) is 14.2. The zero-order chi connectivity index (χ0) is 16.4. The number of para-hydroxylation sites is 1. The Kier molecular flexibility index (Phi) is 4.74. The summed E-state index contributed by atoms with van der Waals surface area (Å²) in [4.78, 5) is 15.0. The number of piperidine rings is 1. The van der Waals surface area contributed by atoms with E-state index in [0.717, 1.165) is 57.7 Å². The molecule has 2 heterocycles. The van der Waals surface area contributed by atoms with Crippen molar-refractivity contribution < 1.29 is 14.3 Å². The van der Waals surface area contributed by atoms with Gasteiger partial charge in [-0.15, -0.1) is 0 Å². The number of hydrogen-bond donors (Lipinski definition) is 0. The molecule has 0 aromatic heterocycles. The molecule has 1 amide bonds. The number of hydrogen-bond acceptors (Lipinski definition) is 3. The summed E-state index contributed by atoms with van der Waals surface area (Å²) >= 11 is 0. The van der Waals surface area contributed by atoms with Crippen LogP contribution in [0, 0.1) is 23.7 Å². The number of ether oxygens (including phenoxy) is 2. The summed E-state index contributed by atoms with van der Waals surface area (Å²) in [5.74, 6) is 3.24. The van der Waals surface area contributed by atoms with Crippen molar-refractivity contribution in [3.05, 3.63) is 30.3 Å². The van der Waals surface area contributed by atoms with Gasteiger partial charge in [0, 0.05) is 38.1 Å². The lowest BCUT2D eigenvalue weighted by Crippen LogP contribution is -2.44. The van der Waals surface area contributed by atoms with Crippen molar-refractivity contribution in [1.82, 2.24) is 4.90 Å². The van der Waals surface area contributed by atoms with Gasteiger partial charge in [0.05, 0.1) is 6.61 Å². The molecule has 24 heavy (non-hydrogen) atoms. The maximum Gasteiger partial charge on any atom is 0.225 e. The van der Waals surface area contributed by atoms with Crippen LogP contribution < -0.4 is 4.74 Å². The standard InChI is InChI=1S/C20H27NO3/c22-20(16-9-17-13-23-14-18(17)10-16)21-8-4-5-15(11-21)12-24-19-6-2-1-3-7-19/h1-3,6-7,15-18H,4-5,8-14H2/t15?,17-,18-/m1/s1. The predicted molar refractivity (Wildman–Crippen MR) is 91.8 cm³/mol. The molecule has 0 N–H and O–H groups in total. The minimum Gasteiger partial charge on any atom is -0.493 e. The number of benzene rings is 1. The fraction of sp³-hybridized carbons (Fsp3) is 0.650. The minimum absolute atomic E-state index is 0.234. The van der Waals surface area contributed by atoms with Crippen LogP contribution in [-0.2, 0) is 9.53 Å². The molecular weight excluding hydrogens is 302 g/mol. The summed E-state index contributed by atoms with van der Waals surface area (Å²) in [6, 6.07) is 9.96. The van der Waals surface area contributed by atoms with Crippen molar-refractivity contribution in [2.75, 3.05) is 32.9 Å². The maximum atomic E-state index is 12.9. The average Bonchev–Trinajstić information content (AvgIpc) is 3.22. The van der Waals surface area contributed by atoms with Crippen molar-refractivity contribution in [1.29, 1.82) is 0 Å². The largest absolute Gasteiger partial charge is 0.493 e. The van der Waals surface area contributed by atoms with Crippen molar-refractivity contribution in [3.8, 4) is 5.75 Å². The molecule has 0 radical (unpaired) electrons. The summed E-state index contributed by atoms with van der Waals surface area (Å²) in [5.41, 5.74) is 0. The van der Waals surface area contributed by atoms with Crippen LogP contribution >= 0.6 is 0 Å². The topological polar surface area (TPSA) is 38.8 Å². The summed E-state index contributed by atoms with van der Waals surface area (Å²) in [6.07, 6.45) is 4.31. The predicted octanol–water partition coefficient (Wildman–Crippen LogP) is 2.98. The molecule has 4 rings (SSSR count). The van der Waals surface area contributed by atoms with E-state index in [2.05, 4.69) is 4.90 Å². The quantitative estimate of drug-likeness (QED) is 0.852. The Labute approximate surface area is 144 Å². The Morgan fingerprint density at radius 2 is 1.92 bits per heavy atom. The molecule has 4 nitrogen and oxygen atoms in total. The first-order valence-corrected chi connectivity index (χ1v) is 9.34. The van der Waals surface area contributed by atoms with Crippen molar-refractivity contribution in [2.24, 2.45) is 23.7 Å². The number of likely N-dealkylation sites (tertiary alicyclic amines) is 1. The third kappa shape index (κ3) is 3.44. The van der Waals surface area contributed by atoms with E-state index in [-0.39, 0.29) is 5.92 Å². The third-order valence-corrected chi connectivity index (χ3v) is 5.91. The second-order valence-corrected chi connectivity index (χ2v) is 7.64. The second-order valence-electron chi connectivity index (χ2n) is 7.64. The first-order valence-electron chi connectivity index (χ1n) is 9.34.